The van der Waals surface area contributed by atoms with E-state index in [2.05, 4.69) is 10.1 Å². The zero-order chi connectivity index (χ0) is 17.0. The average molecular weight is 336 g/mol. The summed E-state index contributed by atoms with van der Waals surface area (Å²) in [5.41, 5.74) is 4.58. The highest BCUT2D eigenvalue weighted by Crippen LogP contribution is 2.33. The van der Waals surface area contributed by atoms with E-state index in [0.717, 1.165) is 29.0 Å². The third kappa shape index (κ3) is 2.23. The minimum Gasteiger partial charge on any atom is -0.454 e. The third-order valence-corrected chi connectivity index (χ3v) is 4.68. The van der Waals surface area contributed by atoms with Crippen molar-refractivity contribution in [3.63, 3.8) is 0 Å². The Hall–Kier alpha value is -3.09. The molecule has 0 spiro atoms. The van der Waals surface area contributed by atoms with Gasteiger partial charge in [-0.1, -0.05) is 0 Å². The molecule has 0 unspecified atom stereocenters. The molecule has 0 saturated heterocycles. The summed E-state index contributed by atoms with van der Waals surface area (Å²) in [6, 6.07) is 7.28. The number of aromatic nitrogens is 3. The van der Waals surface area contributed by atoms with Crippen molar-refractivity contribution in [3.8, 4) is 11.5 Å². The van der Waals surface area contributed by atoms with Gasteiger partial charge in [-0.25, -0.2) is 9.50 Å². The minimum atomic E-state index is -0.0132. The first kappa shape index (κ1) is 14.3. The van der Waals surface area contributed by atoms with Crippen LogP contribution in [-0.2, 0) is 13.0 Å². The van der Waals surface area contributed by atoms with Gasteiger partial charge in [0.25, 0.3) is 5.91 Å². The Morgan fingerprint density at radius 2 is 2.08 bits per heavy atom. The van der Waals surface area contributed by atoms with Crippen molar-refractivity contribution >= 4 is 11.6 Å². The van der Waals surface area contributed by atoms with Crippen molar-refractivity contribution in [2.24, 2.45) is 0 Å². The molecule has 3 aromatic rings. The highest BCUT2D eigenvalue weighted by Gasteiger charge is 2.25. The second-order valence-corrected chi connectivity index (χ2v) is 6.33. The van der Waals surface area contributed by atoms with E-state index in [0.29, 0.717) is 30.2 Å². The van der Waals surface area contributed by atoms with Gasteiger partial charge in [0, 0.05) is 42.9 Å². The Kier molecular flexibility index (Phi) is 2.97. The van der Waals surface area contributed by atoms with E-state index in [9.17, 15) is 4.79 Å². The van der Waals surface area contributed by atoms with Crippen LogP contribution in [0.4, 0.5) is 0 Å². The van der Waals surface area contributed by atoms with Crippen molar-refractivity contribution in [2.75, 3.05) is 13.3 Å². The van der Waals surface area contributed by atoms with Crippen molar-refractivity contribution in [1.82, 2.24) is 19.5 Å². The molecule has 0 atom stereocenters. The van der Waals surface area contributed by atoms with Gasteiger partial charge in [0.2, 0.25) is 6.79 Å². The number of amides is 1. The fraction of sp³-hybridized carbons (Fsp3) is 0.278. The molecular formula is C18H16N4O3. The predicted molar refractivity (Wildman–Crippen MR) is 88.7 cm³/mol. The maximum Gasteiger partial charge on any atom is 0.254 e. The Morgan fingerprint density at radius 3 is 3.00 bits per heavy atom. The largest absolute Gasteiger partial charge is 0.454 e. The number of carbonyl (C=O) groups excluding carboxylic acids is 1. The number of hydrogen-bond acceptors (Lipinski definition) is 5. The lowest BCUT2D eigenvalue weighted by Gasteiger charge is -2.28. The Bertz CT molecular complexity index is 1010. The van der Waals surface area contributed by atoms with Gasteiger partial charge in [0.15, 0.2) is 17.1 Å². The summed E-state index contributed by atoms with van der Waals surface area (Å²) >= 11 is 0. The van der Waals surface area contributed by atoms with Crippen LogP contribution in [0.25, 0.3) is 5.65 Å². The summed E-state index contributed by atoms with van der Waals surface area (Å²) < 4.78 is 12.6. The molecule has 2 aliphatic heterocycles. The molecule has 4 heterocycles. The van der Waals surface area contributed by atoms with E-state index >= 15 is 0 Å². The van der Waals surface area contributed by atoms with E-state index in [4.69, 9.17) is 9.47 Å². The molecule has 1 aromatic carbocycles. The zero-order valence-electron chi connectivity index (χ0n) is 13.7. The fourth-order valence-electron chi connectivity index (χ4n) is 3.44. The molecular weight excluding hydrogens is 320 g/mol. The van der Waals surface area contributed by atoms with Crippen molar-refractivity contribution < 1.29 is 14.3 Å². The Balaban J connectivity index is 1.45. The molecule has 0 N–H and O–H groups in total. The van der Waals surface area contributed by atoms with Crippen LogP contribution in [0.5, 0.6) is 11.5 Å². The summed E-state index contributed by atoms with van der Waals surface area (Å²) in [5.74, 6) is 1.29. The quantitative estimate of drug-likeness (QED) is 0.679. The molecule has 25 heavy (non-hydrogen) atoms. The second kappa shape index (κ2) is 5.20. The van der Waals surface area contributed by atoms with Gasteiger partial charge < -0.3 is 14.4 Å². The number of hydrogen-bond donors (Lipinski definition) is 0. The average Bonchev–Trinajstić information content (AvgIpc) is 3.25. The predicted octanol–water partition coefficient (Wildman–Crippen LogP) is 1.96. The smallest absolute Gasteiger partial charge is 0.254 e. The maximum absolute atomic E-state index is 12.9. The first-order chi connectivity index (χ1) is 12.2. The van der Waals surface area contributed by atoms with E-state index in [-0.39, 0.29) is 12.7 Å². The maximum atomic E-state index is 12.9. The summed E-state index contributed by atoms with van der Waals surface area (Å²) in [6.07, 6.45) is 2.61. The number of aryl methyl sites for hydroxylation is 1. The third-order valence-electron chi connectivity index (χ3n) is 4.68. The topological polar surface area (TPSA) is 69.0 Å². The molecule has 0 radical (unpaired) electrons. The molecule has 0 fully saturated rings. The van der Waals surface area contributed by atoms with Gasteiger partial charge in [-0.2, -0.15) is 5.10 Å². The van der Waals surface area contributed by atoms with Crippen LogP contribution in [0.3, 0.4) is 0 Å². The first-order valence-corrected chi connectivity index (χ1v) is 8.21. The van der Waals surface area contributed by atoms with E-state index < -0.39 is 0 Å². The summed E-state index contributed by atoms with van der Waals surface area (Å²) in [4.78, 5) is 19.2. The zero-order valence-corrected chi connectivity index (χ0v) is 13.7. The lowest BCUT2D eigenvalue weighted by atomic mass is 10.1. The Labute approximate surface area is 143 Å². The van der Waals surface area contributed by atoms with Gasteiger partial charge in [-0.05, 0) is 25.1 Å². The highest BCUT2D eigenvalue weighted by atomic mass is 16.7. The van der Waals surface area contributed by atoms with Gasteiger partial charge >= 0.3 is 0 Å². The summed E-state index contributed by atoms with van der Waals surface area (Å²) in [5, 5.41) is 4.51. The molecule has 7 heteroatoms. The molecule has 126 valence electrons. The van der Waals surface area contributed by atoms with Crippen LogP contribution in [0.1, 0.15) is 27.3 Å². The SMILES string of the molecule is Cc1cc2ncc3c(n2n1)CCN(C(=O)c1ccc2c(c1)OCO2)C3. The Morgan fingerprint density at radius 1 is 1.20 bits per heavy atom. The van der Waals surface area contributed by atoms with Crippen LogP contribution in [-0.4, -0.2) is 38.7 Å². The number of fused-ring (bicyclic) bond motifs is 4. The van der Waals surface area contributed by atoms with Gasteiger partial charge in [-0.3, -0.25) is 4.79 Å². The monoisotopic (exact) mass is 336 g/mol. The van der Waals surface area contributed by atoms with Crippen LogP contribution >= 0.6 is 0 Å². The molecule has 7 nitrogen and oxygen atoms in total. The molecule has 2 aromatic heterocycles. The number of benzene rings is 1. The van der Waals surface area contributed by atoms with Gasteiger partial charge in [-0.15, -0.1) is 0 Å². The molecule has 0 saturated carbocycles. The summed E-state index contributed by atoms with van der Waals surface area (Å²) in [7, 11) is 0. The van der Waals surface area contributed by atoms with Gasteiger partial charge in [0.05, 0.1) is 11.4 Å². The molecule has 2 aliphatic rings. The van der Waals surface area contributed by atoms with Crippen molar-refractivity contribution in [1.29, 1.82) is 0 Å². The van der Waals surface area contributed by atoms with E-state index in [1.165, 1.54) is 0 Å². The van der Waals surface area contributed by atoms with E-state index in [1.54, 1.807) is 18.2 Å². The first-order valence-electron chi connectivity index (χ1n) is 8.21. The standard InChI is InChI=1S/C18H16N4O3/c1-11-6-17-19-8-13-9-21(5-4-14(13)22(17)20-11)18(23)12-2-3-15-16(7-12)25-10-24-15/h2-3,6-8H,4-5,9-10H2,1H3. The number of nitrogens with zero attached hydrogens (tertiary/aromatic N) is 4. The van der Waals surface area contributed by atoms with Gasteiger partial charge in [0.1, 0.15) is 0 Å². The van der Waals surface area contributed by atoms with E-state index in [1.807, 2.05) is 28.6 Å². The van der Waals surface area contributed by atoms with Crippen LogP contribution in [0.2, 0.25) is 0 Å². The lowest BCUT2D eigenvalue weighted by Crippen LogP contribution is -2.37. The van der Waals surface area contributed by atoms with Crippen LogP contribution < -0.4 is 9.47 Å². The van der Waals surface area contributed by atoms with Crippen LogP contribution in [0.15, 0.2) is 30.5 Å². The number of carbonyl (C=O) groups is 1. The summed E-state index contributed by atoms with van der Waals surface area (Å²) in [6.45, 7) is 3.34. The molecule has 1 amide bonds. The lowest BCUT2D eigenvalue weighted by molar-refractivity contribution is 0.0732. The minimum absolute atomic E-state index is 0.0132. The normalized spacial score (nSPS) is 15.5. The molecule has 0 aliphatic carbocycles. The molecule has 5 rings (SSSR count). The molecule has 0 bridgehead atoms. The van der Waals surface area contributed by atoms with Crippen LogP contribution in [0, 0.1) is 6.92 Å². The number of rotatable bonds is 1. The van der Waals surface area contributed by atoms with Crippen molar-refractivity contribution in [2.45, 2.75) is 19.9 Å². The highest BCUT2D eigenvalue weighted by molar-refractivity contribution is 5.95. The number of ether oxygens (including phenoxy) is 2. The van der Waals surface area contributed by atoms with Crippen molar-refractivity contribution in [3.05, 3.63) is 53.0 Å². The fourth-order valence-corrected chi connectivity index (χ4v) is 3.44. The second-order valence-electron chi connectivity index (χ2n) is 6.33.